The SMILES string of the molecule is CC(=O)C(P)(C(=O)Oc1c(C)cc(C(C)(C)C)cc1C(C)(C)C)c1c(C)cc(C(C)(C)C)cc1C(C)(C)C. The maximum atomic E-state index is 14.2. The molecule has 0 aromatic heterocycles. The van der Waals surface area contributed by atoms with Crippen molar-refractivity contribution in [2.24, 2.45) is 0 Å². The summed E-state index contributed by atoms with van der Waals surface area (Å²) in [6, 6.07) is 8.53. The molecule has 0 radical (unpaired) electrons. The van der Waals surface area contributed by atoms with E-state index in [1.165, 1.54) is 18.1 Å². The van der Waals surface area contributed by atoms with Crippen molar-refractivity contribution in [3.8, 4) is 5.75 Å². The molecule has 0 fully saturated rings. The van der Waals surface area contributed by atoms with Crippen LogP contribution in [0.3, 0.4) is 0 Å². The summed E-state index contributed by atoms with van der Waals surface area (Å²) in [5.41, 5.74) is 6.17. The topological polar surface area (TPSA) is 43.4 Å². The Kier molecular flexibility index (Phi) is 8.65. The molecule has 3 nitrogen and oxygen atoms in total. The van der Waals surface area contributed by atoms with E-state index in [4.69, 9.17) is 4.74 Å². The van der Waals surface area contributed by atoms with Crippen molar-refractivity contribution in [3.63, 3.8) is 0 Å². The quantitative estimate of drug-likeness (QED) is 0.169. The van der Waals surface area contributed by atoms with E-state index >= 15 is 0 Å². The summed E-state index contributed by atoms with van der Waals surface area (Å²) in [5, 5.41) is -1.53. The van der Waals surface area contributed by atoms with E-state index in [-0.39, 0.29) is 27.4 Å². The van der Waals surface area contributed by atoms with Crippen LogP contribution in [-0.4, -0.2) is 11.8 Å². The van der Waals surface area contributed by atoms with Gasteiger partial charge in [-0.1, -0.05) is 107 Å². The fraction of sp³-hybridized carbons (Fsp3) is 0.588. The second kappa shape index (κ2) is 10.2. The van der Waals surface area contributed by atoms with Gasteiger partial charge in [0.2, 0.25) is 0 Å². The number of aryl methyl sites for hydroxylation is 2. The molecule has 0 aliphatic heterocycles. The van der Waals surface area contributed by atoms with Gasteiger partial charge >= 0.3 is 5.97 Å². The van der Waals surface area contributed by atoms with E-state index in [0.29, 0.717) is 5.75 Å². The molecule has 0 heterocycles. The molecule has 2 aromatic carbocycles. The zero-order chi connectivity index (χ0) is 29.8. The molecule has 0 saturated heterocycles. The Hall–Kier alpha value is -1.99. The molecule has 0 saturated carbocycles. The zero-order valence-corrected chi connectivity index (χ0v) is 27.8. The summed E-state index contributed by atoms with van der Waals surface area (Å²) in [7, 11) is 2.60. The predicted molar refractivity (Wildman–Crippen MR) is 165 cm³/mol. The summed E-state index contributed by atoms with van der Waals surface area (Å²) in [4.78, 5) is 27.7. The van der Waals surface area contributed by atoms with E-state index in [1.807, 2.05) is 13.8 Å². The molecular formula is C34H51O3P. The lowest BCUT2D eigenvalue weighted by Gasteiger charge is -2.36. The first-order chi connectivity index (χ1) is 16.8. The number of ketones is 1. The van der Waals surface area contributed by atoms with Crippen molar-refractivity contribution < 1.29 is 14.3 Å². The Morgan fingerprint density at radius 3 is 1.39 bits per heavy atom. The van der Waals surface area contributed by atoms with Crippen molar-refractivity contribution in [1.29, 1.82) is 0 Å². The molecule has 0 aliphatic carbocycles. The third-order valence-corrected chi connectivity index (χ3v) is 8.36. The molecule has 2 unspecified atom stereocenters. The first-order valence-electron chi connectivity index (χ1n) is 13.7. The van der Waals surface area contributed by atoms with Crippen LogP contribution in [0.15, 0.2) is 24.3 Å². The largest absolute Gasteiger partial charge is 0.425 e. The number of hydrogen-bond acceptors (Lipinski definition) is 3. The van der Waals surface area contributed by atoms with Crippen molar-refractivity contribution >= 4 is 21.0 Å². The van der Waals surface area contributed by atoms with Crippen LogP contribution in [0.25, 0.3) is 0 Å². The number of rotatable bonds is 4. The van der Waals surface area contributed by atoms with Crippen LogP contribution in [-0.2, 0) is 36.4 Å². The maximum Gasteiger partial charge on any atom is 0.333 e. The van der Waals surface area contributed by atoms with Gasteiger partial charge < -0.3 is 4.74 Å². The Balaban J connectivity index is 2.86. The molecule has 210 valence electrons. The van der Waals surface area contributed by atoms with Crippen molar-refractivity contribution in [3.05, 3.63) is 63.2 Å². The molecular weight excluding hydrogens is 487 g/mol. The number of carbonyl (C=O) groups excluding carboxylic acids is 2. The summed E-state index contributed by atoms with van der Waals surface area (Å²) < 4.78 is 6.29. The standard InChI is InChI=1S/C34H51O3P/c1-20-16-23(30(4,5)6)18-25(32(10,11)12)27(20)34(38,22(3)35)29(36)37-28-21(2)17-24(31(7,8)9)19-26(28)33(13,14)15/h16-19H,38H2,1-15H3. The van der Waals surface area contributed by atoms with Gasteiger partial charge in [0.25, 0.3) is 0 Å². The van der Waals surface area contributed by atoms with Gasteiger partial charge in [0.1, 0.15) is 5.75 Å². The molecule has 0 N–H and O–H groups in total. The number of carbonyl (C=O) groups is 2. The second-order valence-corrected chi connectivity index (χ2v) is 16.0. The van der Waals surface area contributed by atoms with Gasteiger partial charge in [0.05, 0.1) is 0 Å². The molecule has 38 heavy (non-hydrogen) atoms. The summed E-state index contributed by atoms with van der Waals surface area (Å²) in [5.74, 6) is -0.278. The number of ether oxygens (including phenoxy) is 1. The average molecular weight is 539 g/mol. The van der Waals surface area contributed by atoms with Crippen LogP contribution >= 0.6 is 9.24 Å². The molecule has 0 aliphatic rings. The van der Waals surface area contributed by atoms with Gasteiger partial charge in [0.15, 0.2) is 10.9 Å². The summed E-state index contributed by atoms with van der Waals surface area (Å²) in [6.07, 6.45) is 0. The van der Waals surface area contributed by atoms with Gasteiger partial charge in [-0.25, -0.2) is 4.79 Å². The molecule has 0 bridgehead atoms. The molecule has 2 aromatic rings. The lowest BCUT2D eigenvalue weighted by atomic mass is 9.73. The van der Waals surface area contributed by atoms with E-state index in [9.17, 15) is 9.59 Å². The van der Waals surface area contributed by atoms with Crippen LogP contribution in [0, 0.1) is 13.8 Å². The lowest BCUT2D eigenvalue weighted by Crippen LogP contribution is -2.42. The molecule has 0 amide bonds. The molecule has 2 atom stereocenters. The average Bonchev–Trinajstić information content (AvgIpc) is 2.70. The highest BCUT2D eigenvalue weighted by Crippen LogP contribution is 2.46. The van der Waals surface area contributed by atoms with E-state index in [1.54, 1.807) is 0 Å². The van der Waals surface area contributed by atoms with Crippen molar-refractivity contribution in [2.45, 2.75) is 131 Å². The van der Waals surface area contributed by atoms with E-state index in [0.717, 1.165) is 27.8 Å². The van der Waals surface area contributed by atoms with Crippen LogP contribution in [0.2, 0.25) is 0 Å². The highest BCUT2D eigenvalue weighted by atomic mass is 31.0. The van der Waals surface area contributed by atoms with Crippen LogP contribution < -0.4 is 4.74 Å². The maximum absolute atomic E-state index is 14.2. The number of Topliss-reactive ketones (excluding diaryl/α,β-unsaturated/α-hetero) is 1. The van der Waals surface area contributed by atoms with Gasteiger partial charge in [-0.15, -0.1) is 9.24 Å². The normalized spacial score (nSPS) is 14.7. The monoisotopic (exact) mass is 538 g/mol. The van der Waals surface area contributed by atoms with Gasteiger partial charge in [0, 0.05) is 5.56 Å². The van der Waals surface area contributed by atoms with Crippen molar-refractivity contribution in [2.75, 3.05) is 0 Å². The molecule has 4 heteroatoms. The smallest absolute Gasteiger partial charge is 0.333 e. The zero-order valence-electron chi connectivity index (χ0n) is 26.6. The second-order valence-electron chi connectivity index (χ2n) is 15.1. The Bertz CT molecular complexity index is 1240. The minimum Gasteiger partial charge on any atom is -0.425 e. The van der Waals surface area contributed by atoms with Gasteiger partial charge in [-0.2, -0.15) is 0 Å². The predicted octanol–water partition coefficient (Wildman–Crippen LogP) is 8.76. The fourth-order valence-electron chi connectivity index (χ4n) is 4.83. The minimum atomic E-state index is -1.53. The molecule has 0 spiro atoms. The first-order valence-corrected chi connectivity index (χ1v) is 14.2. The van der Waals surface area contributed by atoms with Gasteiger partial charge in [-0.05, 0) is 75.8 Å². The molecule has 2 rings (SSSR count). The third kappa shape index (κ3) is 6.41. The van der Waals surface area contributed by atoms with Crippen LogP contribution in [0.4, 0.5) is 0 Å². The highest BCUT2D eigenvalue weighted by molar-refractivity contribution is 7.22. The number of benzene rings is 2. The van der Waals surface area contributed by atoms with E-state index < -0.39 is 11.1 Å². The lowest BCUT2D eigenvalue weighted by molar-refractivity contribution is -0.141. The van der Waals surface area contributed by atoms with Gasteiger partial charge in [-0.3, -0.25) is 4.79 Å². The number of hydrogen-bond donors (Lipinski definition) is 0. The fourth-order valence-corrected chi connectivity index (χ4v) is 5.27. The van der Waals surface area contributed by atoms with E-state index in [2.05, 4.69) is 117 Å². The third-order valence-electron chi connectivity index (χ3n) is 7.42. The highest BCUT2D eigenvalue weighted by Gasteiger charge is 2.47. The van der Waals surface area contributed by atoms with Crippen molar-refractivity contribution in [1.82, 2.24) is 0 Å². The Morgan fingerprint density at radius 2 is 1.03 bits per heavy atom. The first kappa shape index (κ1) is 32.2. The Labute approximate surface area is 234 Å². The van der Waals surface area contributed by atoms with Crippen LogP contribution in [0.1, 0.15) is 129 Å². The summed E-state index contributed by atoms with van der Waals surface area (Å²) in [6.45, 7) is 31.3. The number of esters is 1. The minimum absolute atomic E-state index is 0.0510. The summed E-state index contributed by atoms with van der Waals surface area (Å²) >= 11 is 0. The van der Waals surface area contributed by atoms with Crippen LogP contribution in [0.5, 0.6) is 5.75 Å². The Morgan fingerprint density at radius 1 is 0.632 bits per heavy atom.